The molecule has 4 heteroatoms. The summed E-state index contributed by atoms with van der Waals surface area (Å²) in [7, 11) is 0. The standard InChI is InChI=1S/C104H62O4/c1-2-26-70-59(19-1)20-17-37-74(70)100-80-33-7-3-29-76(80)99(77-30-4-8-34-81(77)100)68-25-16-22-61(50-68)69-54-86(104-90(55-69)103-84-57-88-73-28-12-14-40-92(73)106-96(88)56-66(84)44-48-95(103)108-104)64-41-45-71-63(51-64)23-18-38-75(71)101-82-35-9-5-31-78(82)98(79-32-6-10-36-83(79)101)67-24-15-21-60(49-67)62-42-46-93-89(52-62)102-85-58-97-87(53-65(85)43-47-94(102)105-93)72-27-11-13-39-91(72)107-97/h1-5,7-9,11-58,63,71H,6,10H2. The fraction of sp³-hybridized carbons (Fsp3) is 0.0385. The molecule has 24 rings (SSSR count). The molecular weight excluding hydrogens is 1310 g/mol. The second-order valence-electron chi connectivity index (χ2n) is 29.8. The molecule has 4 nitrogen and oxygen atoms in total. The normalized spacial score (nSPS) is 15.1. The van der Waals surface area contributed by atoms with Crippen LogP contribution in [0.15, 0.2) is 345 Å². The Morgan fingerprint density at radius 2 is 0.778 bits per heavy atom. The highest BCUT2D eigenvalue weighted by Gasteiger charge is 2.31. The largest absolute Gasteiger partial charge is 0.456 e. The molecule has 0 amide bonds. The molecule has 0 fully saturated rings. The molecule has 0 saturated heterocycles. The van der Waals surface area contributed by atoms with Gasteiger partial charge in [0, 0.05) is 60.5 Å². The number of allylic oxidation sites excluding steroid dienone is 8. The second-order valence-corrected chi connectivity index (χ2v) is 29.8. The summed E-state index contributed by atoms with van der Waals surface area (Å²) in [6, 6.07) is 107. The monoisotopic (exact) mass is 1370 g/mol. The summed E-state index contributed by atoms with van der Waals surface area (Å²) < 4.78 is 26.9. The smallest absolute Gasteiger partial charge is 0.143 e. The summed E-state index contributed by atoms with van der Waals surface area (Å²) in [5.41, 5.74) is 23.7. The summed E-state index contributed by atoms with van der Waals surface area (Å²) >= 11 is 0. The molecule has 4 aromatic heterocycles. The van der Waals surface area contributed by atoms with Crippen LogP contribution in [0.1, 0.15) is 24.0 Å². The lowest BCUT2D eigenvalue weighted by molar-refractivity contribution is 0.665. The molecule has 0 bridgehead atoms. The minimum absolute atomic E-state index is 0.0607. The van der Waals surface area contributed by atoms with Crippen LogP contribution in [0.3, 0.4) is 0 Å². The first kappa shape index (κ1) is 59.6. The Morgan fingerprint density at radius 3 is 1.51 bits per heavy atom. The average molecular weight is 1380 g/mol. The zero-order valence-corrected chi connectivity index (χ0v) is 58.5. The van der Waals surface area contributed by atoms with Gasteiger partial charge in [0.1, 0.15) is 44.7 Å². The number of rotatable bonds is 7. The number of hydrogen-bond acceptors (Lipinski definition) is 4. The lowest BCUT2D eigenvalue weighted by Gasteiger charge is -2.31. The first-order valence-corrected chi connectivity index (χ1v) is 37.6. The van der Waals surface area contributed by atoms with Crippen LogP contribution in [-0.4, -0.2) is 0 Å². The van der Waals surface area contributed by atoms with Crippen molar-refractivity contribution in [1.82, 2.24) is 0 Å². The van der Waals surface area contributed by atoms with Crippen LogP contribution in [0, 0.1) is 11.8 Å². The summed E-state index contributed by atoms with van der Waals surface area (Å²) in [5.74, 6) is 0.135. The number of hydrogen-bond donors (Lipinski definition) is 0. The van der Waals surface area contributed by atoms with E-state index in [9.17, 15) is 0 Å². The molecule has 3 aliphatic carbocycles. The van der Waals surface area contributed by atoms with E-state index in [0.717, 1.165) is 161 Å². The number of para-hydroxylation sites is 2. The van der Waals surface area contributed by atoms with Crippen LogP contribution in [0.25, 0.3) is 231 Å². The van der Waals surface area contributed by atoms with E-state index >= 15 is 0 Å². The first-order chi connectivity index (χ1) is 53.5. The molecule has 108 heavy (non-hydrogen) atoms. The maximum atomic E-state index is 7.32. The highest BCUT2D eigenvalue weighted by Crippen LogP contribution is 2.51. The highest BCUT2D eigenvalue weighted by atomic mass is 16.3. The van der Waals surface area contributed by atoms with Crippen LogP contribution in [-0.2, 0) is 0 Å². The van der Waals surface area contributed by atoms with Gasteiger partial charge in [-0.3, -0.25) is 0 Å². The van der Waals surface area contributed by atoms with Gasteiger partial charge >= 0.3 is 0 Å². The van der Waals surface area contributed by atoms with Gasteiger partial charge in [0.05, 0.1) is 0 Å². The molecule has 21 aromatic rings. The fourth-order valence-corrected chi connectivity index (χ4v) is 19.2. The third kappa shape index (κ3) is 8.80. The van der Waals surface area contributed by atoms with Crippen LogP contribution in [0.4, 0.5) is 0 Å². The van der Waals surface area contributed by atoms with Crippen molar-refractivity contribution in [3.63, 3.8) is 0 Å². The predicted octanol–water partition coefficient (Wildman–Crippen LogP) is 27.7. The van der Waals surface area contributed by atoms with Gasteiger partial charge in [0.25, 0.3) is 0 Å². The molecule has 2 atom stereocenters. The van der Waals surface area contributed by atoms with Crippen LogP contribution in [0.2, 0.25) is 0 Å². The summed E-state index contributed by atoms with van der Waals surface area (Å²) in [4.78, 5) is 0. The van der Waals surface area contributed by atoms with E-state index in [4.69, 9.17) is 17.7 Å². The molecular formula is C104H62O4. The van der Waals surface area contributed by atoms with Crippen LogP contribution >= 0.6 is 0 Å². The average Bonchev–Trinajstić information content (AvgIpc) is 1.21. The topological polar surface area (TPSA) is 52.6 Å². The molecule has 2 unspecified atom stereocenters. The van der Waals surface area contributed by atoms with E-state index in [2.05, 4.69) is 322 Å². The molecule has 0 N–H and O–H groups in total. The molecule has 3 aliphatic rings. The Labute approximate surface area is 618 Å². The Morgan fingerprint density at radius 1 is 0.269 bits per heavy atom. The maximum Gasteiger partial charge on any atom is 0.143 e. The molecule has 0 aliphatic heterocycles. The minimum Gasteiger partial charge on any atom is -0.456 e. The molecule has 502 valence electrons. The lowest BCUT2D eigenvalue weighted by atomic mass is 9.73. The highest BCUT2D eigenvalue weighted by molar-refractivity contribution is 6.27. The van der Waals surface area contributed by atoms with Gasteiger partial charge in [0.2, 0.25) is 0 Å². The van der Waals surface area contributed by atoms with Crippen molar-refractivity contribution in [2.45, 2.75) is 12.8 Å². The van der Waals surface area contributed by atoms with E-state index in [0.29, 0.717) is 0 Å². The third-order valence-electron chi connectivity index (χ3n) is 24.0. The second kappa shape index (κ2) is 22.9. The van der Waals surface area contributed by atoms with Crippen LogP contribution in [0.5, 0.6) is 0 Å². The van der Waals surface area contributed by atoms with Crippen molar-refractivity contribution < 1.29 is 17.7 Å². The summed E-state index contributed by atoms with van der Waals surface area (Å²) in [6.45, 7) is 0. The van der Waals surface area contributed by atoms with E-state index < -0.39 is 0 Å². The van der Waals surface area contributed by atoms with Crippen molar-refractivity contribution in [2.75, 3.05) is 0 Å². The SMILES string of the molecule is C1=CC2C=C(c3cc(-c4cccc(-c5c6ccccc6c(-c6cccc7ccccc67)c6ccccc56)c4)cc4c3oc3ccc5cc6oc7ccccc7c6cc5c34)C=CC2C(c2c3c(c(-c4cccc(-c5ccc6oc7ccc8cc9c(cc8c7c6c5)oc5ccccc59)c4)c4ccccc24)=CCCC=3)=C1. The Balaban J connectivity index is 0.637. The van der Waals surface area contributed by atoms with Gasteiger partial charge in [-0.25, -0.2) is 0 Å². The van der Waals surface area contributed by atoms with Crippen molar-refractivity contribution in [2.24, 2.45) is 11.8 Å². The Bertz CT molecular complexity index is 7820. The van der Waals surface area contributed by atoms with Crippen molar-refractivity contribution in [1.29, 1.82) is 0 Å². The van der Waals surface area contributed by atoms with Crippen molar-refractivity contribution in [3.05, 3.63) is 349 Å². The third-order valence-corrected chi connectivity index (χ3v) is 24.0. The number of fused-ring (bicyclic) bond motifs is 22. The summed E-state index contributed by atoms with van der Waals surface area (Å²) in [6.07, 6.45) is 21.5. The molecule has 0 saturated carbocycles. The van der Waals surface area contributed by atoms with Crippen molar-refractivity contribution >= 4 is 176 Å². The quantitative estimate of drug-likeness (QED) is 0.149. The van der Waals surface area contributed by atoms with Gasteiger partial charge in [-0.15, -0.1) is 0 Å². The molecule has 0 spiro atoms. The van der Waals surface area contributed by atoms with Crippen LogP contribution < -0.4 is 10.4 Å². The Hall–Kier alpha value is -13.8. The molecule has 4 heterocycles. The van der Waals surface area contributed by atoms with Gasteiger partial charge in [0.15, 0.2) is 0 Å². The minimum atomic E-state index is 0.0607. The van der Waals surface area contributed by atoms with E-state index in [1.165, 1.54) is 92.5 Å². The van der Waals surface area contributed by atoms with E-state index in [1.54, 1.807) is 0 Å². The summed E-state index contributed by atoms with van der Waals surface area (Å²) in [5, 5.41) is 25.8. The predicted molar refractivity (Wildman–Crippen MR) is 453 cm³/mol. The fourth-order valence-electron chi connectivity index (χ4n) is 19.2. The Kier molecular flexibility index (Phi) is 12.6. The zero-order chi connectivity index (χ0) is 70.4. The number of furan rings is 4. The lowest BCUT2D eigenvalue weighted by Crippen LogP contribution is -2.34. The van der Waals surface area contributed by atoms with Gasteiger partial charge in [-0.1, -0.05) is 255 Å². The zero-order valence-electron chi connectivity index (χ0n) is 58.5. The maximum absolute atomic E-state index is 7.32. The first-order valence-electron chi connectivity index (χ1n) is 37.6. The van der Waals surface area contributed by atoms with Crippen molar-refractivity contribution in [3.8, 4) is 55.6 Å². The molecule has 17 aromatic carbocycles. The van der Waals surface area contributed by atoms with Gasteiger partial charge < -0.3 is 17.7 Å². The molecule has 0 radical (unpaired) electrons. The van der Waals surface area contributed by atoms with E-state index in [-0.39, 0.29) is 11.8 Å². The number of benzene rings is 17. The van der Waals surface area contributed by atoms with Gasteiger partial charge in [-0.05, 0) is 245 Å². The van der Waals surface area contributed by atoms with E-state index in [1.807, 2.05) is 18.2 Å². The van der Waals surface area contributed by atoms with Gasteiger partial charge in [-0.2, -0.15) is 0 Å².